The van der Waals surface area contributed by atoms with Crippen molar-refractivity contribution in [2.24, 2.45) is 0 Å². The van der Waals surface area contributed by atoms with Crippen molar-refractivity contribution in [3.63, 3.8) is 0 Å². The van der Waals surface area contributed by atoms with Crippen LogP contribution in [0.15, 0.2) is 36.9 Å². The summed E-state index contributed by atoms with van der Waals surface area (Å²) in [6.45, 7) is 0.530. The maximum atomic E-state index is 12.1. The molecule has 3 heterocycles. The summed E-state index contributed by atoms with van der Waals surface area (Å²) in [5.41, 5.74) is 6.74. The van der Waals surface area contributed by atoms with Gasteiger partial charge in [0, 0.05) is 43.3 Å². The van der Waals surface area contributed by atoms with Gasteiger partial charge in [0.15, 0.2) is 5.82 Å². The number of anilines is 1. The number of hydrogen-bond donors (Lipinski definition) is 2. The second-order valence-electron chi connectivity index (χ2n) is 4.93. The van der Waals surface area contributed by atoms with Crippen LogP contribution in [0.1, 0.15) is 21.8 Å². The zero-order chi connectivity index (χ0) is 16.8. The molecule has 3 aromatic heterocycles. The quantitative estimate of drug-likeness (QED) is 0.649. The van der Waals surface area contributed by atoms with Crippen molar-refractivity contribution >= 4 is 22.4 Å². The maximum absolute atomic E-state index is 12.1. The minimum absolute atomic E-state index is 0.204. The third-order valence-corrected chi connectivity index (χ3v) is 3.98. The molecular formula is C15H15N7OS. The number of nitrogen functional groups attached to an aromatic ring is 1. The van der Waals surface area contributed by atoms with Gasteiger partial charge in [-0.1, -0.05) is 11.3 Å². The number of carbonyl (C=O) groups is 1. The van der Waals surface area contributed by atoms with E-state index in [1.165, 1.54) is 23.7 Å². The smallest absolute Gasteiger partial charge is 0.254 e. The second-order valence-corrected chi connectivity index (χ2v) is 6.02. The lowest BCUT2D eigenvalue weighted by Crippen LogP contribution is -2.25. The van der Waals surface area contributed by atoms with Crippen LogP contribution in [-0.2, 0) is 6.42 Å². The van der Waals surface area contributed by atoms with Crippen LogP contribution in [-0.4, -0.2) is 37.6 Å². The predicted octanol–water partition coefficient (Wildman–Crippen LogP) is 1.33. The molecule has 0 bridgehead atoms. The van der Waals surface area contributed by atoms with Gasteiger partial charge in [-0.2, -0.15) is 0 Å². The highest BCUT2D eigenvalue weighted by Crippen LogP contribution is 2.13. The number of nitrogens with two attached hydrogens (primary N) is 1. The van der Waals surface area contributed by atoms with Crippen molar-refractivity contribution in [3.8, 4) is 11.4 Å². The van der Waals surface area contributed by atoms with E-state index in [1.54, 1.807) is 12.4 Å². The van der Waals surface area contributed by atoms with Crippen LogP contribution < -0.4 is 11.1 Å². The van der Waals surface area contributed by atoms with E-state index in [0.29, 0.717) is 23.1 Å². The summed E-state index contributed by atoms with van der Waals surface area (Å²) in [4.78, 5) is 24.5. The first kappa shape index (κ1) is 15.9. The van der Waals surface area contributed by atoms with Gasteiger partial charge in [0.25, 0.3) is 5.91 Å². The Balaban J connectivity index is 1.50. The highest BCUT2D eigenvalue weighted by atomic mass is 32.1. The summed E-state index contributed by atoms with van der Waals surface area (Å²) in [5, 5.41) is 11.8. The number of pyridine rings is 1. The molecule has 122 valence electrons. The average molecular weight is 341 g/mol. The number of aryl methyl sites for hydroxylation is 1. The molecule has 3 rings (SSSR count). The summed E-state index contributed by atoms with van der Waals surface area (Å²) in [7, 11) is 0. The Morgan fingerprint density at radius 1 is 1.21 bits per heavy atom. The zero-order valence-corrected chi connectivity index (χ0v) is 13.5. The Kier molecular flexibility index (Phi) is 5.02. The molecule has 0 unspecified atom stereocenters. The number of amides is 1. The van der Waals surface area contributed by atoms with E-state index in [9.17, 15) is 4.79 Å². The van der Waals surface area contributed by atoms with Crippen LogP contribution in [0.5, 0.6) is 0 Å². The number of nitrogens with zero attached hydrogens (tertiary/aromatic N) is 5. The van der Waals surface area contributed by atoms with E-state index in [4.69, 9.17) is 5.73 Å². The lowest BCUT2D eigenvalue weighted by atomic mass is 10.2. The van der Waals surface area contributed by atoms with Gasteiger partial charge < -0.3 is 11.1 Å². The van der Waals surface area contributed by atoms with Gasteiger partial charge >= 0.3 is 0 Å². The molecule has 9 heteroatoms. The fourth-order valence-corrected chi connectivity index (χ4v) is 2.65. The summed E-state index contributed by atoms with van der Waals surface area (Å²) < 4.78 is 0. The van der Waals surface area contributed by atoms with Crippen molar-refractivity contribution < 1.29 is 4.79 Å². The van der Waals surface area contributed by atoms with Gasteiger partial charge in [-0.3, -0.25) is 9.78 Å². The minimum Gasteiger partial charge on any atom is -0.374 e. The summed E-state index contributed by atoms with van der Waals surface area (Å²) in [6, 6.07) is 3.67. The van der Waals surface area contributed by atoms with E-state index in [1.807, 2.05) is 12.1 Å². The third-order valence-electron chi connectivity index (χ3n) is 3.17. The molecule has 24 heavy (non-hydrogen) atoms. The highest BCUT2D eigenvalue weighted by molar-refractivity contribution is 7.15. The second kappa shape index (κ2) is 7.55. The molecule has 0 aliphatic carbocycles. The first-order valence-corrected chi connectivity index (χ1v) is 8.12. The number of rotatable bonds is 6. The lowest BCUT2D eigenvalue weighted by Gasteiger charge is -2.04. The summed E-state index contributed by atoms with van der Waals surface area (Å²) in [5.74, 6) is 0.332. The Morgan fingerprint density at radius 2 is 2.04 bits per heavy atom. The number of carbonyl (C=O) groups excluding carboxylic acids is 1. The fourth-order valence-electron chi connectivity index (χ4n) is 2.00. The van der Waals surface area contributed by atoms with Gasteiger partial charge in [0.1, 0.15) is 5.01 Å². The van der Waals surface area contributed by atoms with Crippen molar-refractivity contribution in [2.75, 3.05) is 12.3 Å². The molecule has 3 aromatic rings. The largest absolute Gasteiger partial charge is 0.374 e. The molecule has 0 saturated carbocycles. The zero-order valence-electron chi connectivity index (χ0n) is 12.7. The lowest BCUT2D eigenvalue weighted by molar-refractivity contribution is 0.0952. The number of hydrogen-bond acceptors (Lipinski definition) is 8. The van der Waals surface area contributed by atoms with E-state index < -0.39 is 0 Å². The minimum atomic E-state index is -0.204. The van der Waals surface area contributed by atoms with E-state index in [0.717, 1.165) is 23.4 Å². The first-order chi connectivity index (χ1) is 11.7. The highest BCUT2D eigenvalue weighted by Gasteiger charge is 2.08. The Bertz CT molecular complexity index is 804. The monoisotopic (exact) mass is 341 g/mol. The molecule has 0 spiro atoms. The normalized spacial score (nSPS) is 10.5. The molecule has 8 nitrogen and oxygen atoms in total. The third kappa shape index (κ3) is 4.07. The van der Waals surface area contributed by atoms with Gasteiger partial charge in [0.05, 0.1) is 5.56 Å². The van der Waals surface area contributed by atoms with Crippen LogP contribution in [0.3, 0.4) is 0 Å². The van der Waals surface area contributed by atoms with Gasteiger partial charge in [-0.05, 0) is 18.6 Å². The van der Waals surface area contributed by atoms with E-state index in [-0.39, 0.29) is 5.91 Å². The molecule has 0 aliphatic rings. The fraction of sp³-hybridized carbons (Fsp3) is 0.200. The molecule has 0 aliphatic heterocycles. The van der Waals surface area contributed by atoms with Crippen molar-refractivity contribution in [2.45, 2.75) is 12.8 Å². The molecule has 0 radical (unpaired) electrons. The van der Waals surface area contributed by atoms with Crippen LogP contribution in [0.2, 0.25) is 0 Å². The van der Waals surface area contributed by atoms with Crippen LogP contribution in [0, 0.1) is 0 Å². The van der Waals surface area contributed by atoms with Crippen molar-refractivity contribution in [1.82, 2.24) is 30.5 Å². The molecule has 0 atom stereocenters. The van der Waals surface area contributed by atoms with Crippen molar-refractivity contribution in [3.05, 3.63) is 47.5 Å². The van der Waals surface area contributed by atoms with E-state index in [2.05, 4.69) is 30.5 Å². The van der Waals surface area contributed by atoms with Crippen molar-refractivity contribution in [1.29, 1.82) is 0 Å². The van der Waals surface area contributed by atoms with Gasteiger partial charge in [0.2, 0.25) is 5.13 Å². The molecule has 0 fully saturated rings. The predicted molar refractivity (Wildman–Crippen MR) is 90.2 cm³/mol. The summed E-state index contributed by atoms with van der Waals surface area (Å²) >= 11 is 1.36. The topological polar surface area (TPSA) is 120 Å². The van der Waals surface area contributed by atoms with Gasteiger partial charge in [-0.15, -0.1) is 10.2 Å². The number of nitrogens with one attached hydrogen (secondary N) is 1. The molecular weight excluding hydrogens is 326 g/mol. The van der Waals surface area contributed by atoms with Crippen LogP contribution in [0.4, 0.5) is 5.13 Å². The molecule has 3 N–H and O–H groups in total. The SMILES string of the molecule is Nc1nnc(CCCNC(=O)c2cnc(-c3cccnc3)nc2)s1. The molecule has 0 saturated heterocycles. The van der Waals surface area contributed by atoms with Crippen LogP contribution >= 0.6 is 11.3 Å². The van der Waals surface area contributed by atoms with Gasteiger partial charge in [-0.25, -0.2) is 9.97 Å². The standard InChI is InChI=1S/C15H15N7OS/c16-15-22-21-12(24-15)4-2-6-18-14(23)11-8-19-13(20-9-11)10-3-1-5-17-7-10/h1,3,5,7-9H,2,4,6H2,(H2,16,22)(H,18,23). The summed E-state index contributed by atoms with van der Waals surface area (Å²) in [6.07, 6.45) is 7.86. The first-order valence-electron chi connectivity index (χ1n) is 7.31. The van der Waals surface area contributed by atoms with Crippen LogP contribution in [0.25, 0.3) is 11.4 Å². The average Bonchev–Trinajstić information content (AvgIpc) is 3.05. The number of aromatic nitrogens is 5. The Hall–Kier alpha value is -2.94. The Labute approximate surface area is 142 Å². The van der Waals surface area contributed by atoms with E-state index >= 15 is 0 Å². The molecule has 0 aromatic carbocycles. The maximum Gasteiger partial charge on any atom is 0.254 e. The Morgan fingerprint density at radius 3 is 2.71 bits per heavy atom. The molecule has 1 amide bonds.